The first-order chi connectivity index (χ1) is 15.6. The summed E-state index contributed by atoms with van der Waals surface area (Å²) in [5, 5.41) is 22.9. The highest BCUT2D eigenvalue weighted by atomic mass is 35.5. The van der Waals surface area contributed by atoms with Crippen LogP contribution >= 0.6 is 11.6 Å². The Morgan fingerprint density at radius 2 is 1.88 bits per heavy atom. The molecular weight excluding hydrogens is 430 g/mol. The van der Waals surface area contributed by atoms with Crippen molar-refractivity contribution in [1.82, 2.24) is 25.1 Å². The molecule has 0 fully saturated rings. The Hall–Kier alpha value is -3.95. The number of benzene rings is 2. The van der Waals surface area contributed by atoms with Crippen LogP contribution in [-0.2, 0) is 0 Å². The number of hydrogen-bond acceptors (Lipinski definition) is 6. The van der Waals surface area contributed by atoms with Crippen LogP contribution in [0.15, 0.2) is 79.3 Å². The smallest absolute Gasteiger partial charge is 0.319 e. The van der Waals surface area contributed by atoms with E-state index < -0.39 is 12.1 Å². The Bertz CT molecular complexity index is 1200. The fraction of sp³-hybridized carbons (Fsp3) is 0.0909. The molecule has 2 aromatic heterocycles. The molecule has 9 nitrogen and oxygen atoms in total. The first kappa shape index (κ1) is 21.3. The van der Waals surface area contributed by atoms with Crippen LogP contribution in [0.2, 0.25) is 5.02 Å². The Morgan fingerprint density at radius 3 is 2.66 bits per heavy atom. The third kappa shape index (κ3) is 5.20. The van der Waals surface area contributed by atoms with E-state index in [1.807, 2.05) is 48.5 Å². The summed E-state index contributed by atoms with van der Waals surface area (Å²) in [6, 6.07) is 17.2. The molecule has 0 aliphatic carbocycles. The number of urea groups is 1. The lowest BCUT2D eigenvalue weighted by Crippen LogP contribution is -2.34. The van der Waals surface area contributed by atoms with E-state index in [-0.39, 0.29) is 6.61 Å². The van der Waals surface area contributed by atoms with Crippen molar-refractivity contribution in [2.24, 2.45) is 0 Å². The molecular formula is C22H20ClN7O2. The Labute approximate surface area is 189 Å². The summed E-state index contributed by atoms with van der Waals surface area (Å²) in [4.78, 5) is 21.0. The minimum Gasteiger partial charge on any atom is -0.394 e. The van der Waals surface area contributed by atoms with E-state index >= 15 is 0 Å². The number of carbonyl (C=O) groups excluding carboxylic acids is 1. The van der Waals surface area contributed by atoms with Gasteiger partial charge in [-0.1, -0.05) is 54.1 Å². The predicted molar refractivity (Wildman–Crippen MR) is 122 cm³/mol. The molecule has 2 aromatic carbocycles. The molecule has 4 N–H and O–H groups in total. The highest BCUT2D eigenvalue weighted by Gasteiger charge is 2.14. The van der Waals surface area contributed by atoms with Gasteiger partial charge in [-0.05, 0) is 17.7 Å². The van der Waals surface area contributed by atoms with Gasteiger partial charge >= 0.3 is 6.03 Å². The standard InChI is InChI=1S/C22H20ClN7O2/c23-17-8-4-5-9-18(17)27-21-24-11-10-20(29-21)30-13-16(12-25-30)26-22(32)28-19(14-31)15-6-2-1-3-7-15/h1-13,19,31H,14H2,(H,24,27,29)(H2,26,28,32). The second-order valence-electron chi connectivity index (χ2n) is 6.76. The molecule has 0 aliphatic rings. The number of hydrogen-bond donors (Lipinski definition) is 4. The van der Waals surface area contributed by atoms with E-state index in [2.05, 4.69) is 31.0 Å². The van der Waals surface area contributed by atoms with Gasteiger partial charge in [0.2, 0.25) is 5.95 Å². The maximum atomic E-state index is 12.4. The van der Waals surface area contributed by atoms with Gasteiger partial charge in [0.15, 0.2) is 5.82 Å². The summed E-state index contributed by atoms with van der Waals surface area (Å²) in [6.07, 6.45) is 4.71. The average Bonchev–Trinajstić information content (AvgIpc) is 3.28. The summed E-state index contributed by atoms with van der Waals surface area (Å²) in [5.41, 5.74) is 1.95. The molecule has 0 spiro atoms. The molecule has 1 atom stereocenters. The van der Waals surface area contributed by atoms with Crippen LogP contribution in [0.3, 0.4) is 0 Å². The van der Waals surface area contributed by atoms with Crippen LogP contribution in [0, 0.1) is 0 Å². The van der Waals surface area contributed by atoms with Crippen molar-refractivity contribution in [2.45, 2.75) is 6.04 Å². The third-order valence-corrected chi connectivity index (χ3v) is 4.86. The van der Waals surface area contributed by atoms with Gasteiger partial charge in [0.1, 0.15) is 0 Å². The van der Waals surface area contributed by atoms with Gasteiger partial charge in [-0.3, -0.25) is 0 Å². The van der Waals surface area contributed by atoms with E-state index in [1.165, 1.54) is 10.9 Å². The number of carbonyl (C=O) groups is 1. The molecule has 0 saturated carbocycles. The van der Waals surface area contributed by atoms with Crippen molar-refractivity contribution in [3.63, 3.8) is 0 Å². The zero-order valence-corrected chi connectivity index (χ0v) is 17.6. The number of nitrogens with one attached hydrogen (secondary N) is 3. The third-order valence-electron chi connectivity index (χ3n) is 4.53. The molecule has 0 saturated heterocycles. The van der Waals surface area contributed by atoms with E-state index in [4.69, 9.17) is 11.6 Å². The highest BCUT2D eigenvalue weighted by Crippen LogP contribution is 2.23. The number of amides is 2. The maximum absolute atomic E-state index is 12.4. The SMILES string of the molecule is O=C(Nc1cnn(-c2ccnc(Nc3ccccc3Cl)n2)c1)NC(CO)c1ccccc1. The van der Waals surface area contributed by atoms with Crippen molar-refractivity contribution in [1.29, 1.82) is 0 Å². The molecule has 162 valence electrons. The fourth-order valence-electron chi connectivity index (χ4n) is 2.98. The zero-order valence-electron chi connectivity index (χ0n) is 16.8. The second-order valence-corrected chi connectivity index (χ2v) is 7.17. The van der Waals surface area contributed by atoms with Gasteiger partial charge in [0, 0.05) is 12.3 Å². The van der Waals surface area contributed by atoms with Crippen molar-refractivity contribution in [3.8, 4) is 5.82 Å². The largest absolute Gasteiger partial charge is 0.394 e. The number of aromatic nitrogens is 4. The molecule has 0 bridgehead atoms. The molecule has 4 aromatic rings. The van der Waals surface area contributed by atoms with Crippen molar-refractivity contribution >= 4 is 35.0 Å². The van der Waals surface area contributed by atoms with Crippen LogP contribution in [0.4, 0.5) is 22.1 Å². The summed E-state index contributed by atoms with van der Waals surface area (Å²) >= 11 is 6.17. The molecule has 32 heavy (non-hydrogen) atoms. The number of rotatable bonds is 7. The topological polar surface area (TPSA) is 117 Å². The number of para-hydroxylation sites is 1. The van der Waals surface area contributed by atoms with Crippen LogP contribution in [-0.4, -0.2) is 37.5 Å². The van der Waals surface area contributed by atoms with Gasteiger partial charge in [0.25, 0.3) is 0 Å². The lowest BCUT2D eigenvalue weighted by molar-refractivity contribution is 0.225. The number of halogens is 1. The average molecular weight is 450 g/mol. The van der Waals surface area contributed by atoms with E-state index in [0.717, 1.165) is 5.56 Å². The molecule has 10 heteroatoms. The number of anilines is 3. The second kappa shape index (κ2) is 9.90. The first-order valence-corrected chi connectivity index (χ1v) is 10.1. The first-order valence-electron chi connectivity index (χ1n) is 9.75. The number of nitrogens with zero attached hydrogens (tertiary/aromatic N) is 4. The minimum atomic E-state index is -0.522. The molecule has 0 aliphatic heterocycles. The van der Waals surface area contributed by atoms with Crippen LogP contribution in [0.1, 0.15) is 11.6 Å². The Kier molecular flexibility index (Phi) is 6.59. The van der Waals surface area contributed by atoms with E-state index in [0.29, 0.717) is 28.2 Å². The summed E-state index contributed by atoms with van der Waals surface area (Å²) in [7, 11) is 0. The minimum absolute atomic E-state index is 0.223. The van der Waals surface area contributed by atoms with Crippen molar-refractivity contribution < 1.29 is 9.90 Å². The molecule has 2 heterocycles. The van der Waals surface area contributed by atoms with Gasteiger partial charge in [-0.2, -0.15) is 10.1 Å². The lowest BCUT2D eigenvalue weighted by Gasteiger charge is -2.16. The lowest BCUT2D eigenvalue weighted by atomic mass is 10.1. The monoisotopic (exact) mass is 449 g/mol. The van der Waals surface area contributed by atoms with E-state index in [9.17, 15) is 9.90 Å². The fourth-order valence-corrected chi connectivity index (χ4v) is 3.16. The summed E-state index contributed by atoms with van der Waals surface area (Å²) in [5.74, 6) is 0.854. The summed E-state index contributed by atoms with van der Waals surface area (Å²) < 4.78 is 1.51. The normalized spacial score (nSPS) is 11.6. The van der Waals surface area contributed by atoms with Crippen LogP contribution < -0.4 is 16.0 Å². The number of aliphatic hydroxyl groups is 1. The maximum Gasteiger partial charge on any atom is 0.319 e. The van der Waals surface area contributed by atoms with Crippen molar-refractivity contribution in [3.05, 3.63) is 89.8 Å². The molecule has 2 amide bonds. The zero-order chi connectivity index (χ0) is 22.3. The van der Waals surface area contributed by atoms with Crippen LogP contribution in [0.25, 0.3) is 5.82 Å². The number of aliphatic hydroxyl groups excluding tert-OH is 1. The van der Waals surface area contributed by atoms with Crippen LogP contribution in [0.5, 0.6) is 0 Å². The van der Waals surface area contributed by atoms with Gasteiger partial charge in [-0.25, -0.2) is 14.5 Å². The van der Waals surface area contributed by atoms with E-state index in [1.54, 1.807) is 24.5 Å². The Balaban J connectivity index is 1.42. The highest BCUT2D eigenvalue weighted by molar-refractivity contribution is 6.33. The predicted octanol–water partition coefficient (Wildman–Crippen LogP) is 3.91. The van der Waals surface area contributed by atoms with Crippen molar-refractivity contribution in [2.75, 3.05) is 17.2 Å². The van der Waals surface area contributed by atoms with Gasteiger partial charge in [0.05, 0.1) is 41.4 Å². The van der Waals surface area contributed by atoms with Gasteiger partial charge in [-0.15, -0.1) is 0 Å². The molecule has 1 unspecified atom stereocenters. The Morgan fingerprint density at radius 1 is 1.09 bits per heavy atom. The summed E-state index contributed by atoms with van der Waals surface area (Å²) in [6.45, 7) is -0.223. The molecule has 4 rings (SSSR count). The molecule has 0 radical (unpaired) electrons. The quantitative estimate of drug-likeness (QED) is 0.340. The van der Waals surface area contributed by atoms with Gasteiger partial charge < -0.3 is 21.1 Å².